The summed E-state index contributed by atoms with van der Waals surface area (Å²) in [5.74, 6) is 0. The Morgan fingerprint density at radius 2 is 1.58 bits per heavy atom. The van der Waals surface area contributed by atoms with Crippen LogP contribution in [0.1, 0.15) is 5.69 Å². The lowest BCUT2D eigenvalue weighted by atomic mass is 9.65. The molecule has 0 aliphatic heterocycles. The highest BCUT2D eigenvalue weighted by Crippen LogP contribution is 2.30. The van der Waals surface area contributed by atoms with Crippen LogP contribution in [0.3, 0.4) is 0 Å². The molecule has 0 N–H and O–H groups in total. The van der Waals surface area contributed by atoms with Gasteiger partial charge in [0, 0.05) is 29.2 Å². The Kier molecular flexibility index (Phi) is 5.59. The van der Waals surface area contributed by atoms with Gasteiger partial charge in [-0.1, -0.05) is 33.5 Å². The number of nitrogens with zero attached hydrogens (tertiary/aromatic N) is 2. The molecule has 0 spiro atoms. The number of rotatable bonds is 3. The van der Waals surface area contributed by atoms with E-state index in [0.717, 1.165) is 11.3 Å². The van der Waals surface area contributed by atoms with Crippen LogP contribution in [0.4, 0.5) is 0 Å². The minimum atomic E-state index is 0.353. The van der Waals surface area contributed by atoms with Crippen LogP contribution in [0.5, 0.6) is 0 Å². The lowest BCUT2D eigenvalue weighted by Gasteiger charge is -2.23. The highest BCUT2D eigenvalue weighted by atomic mass is 35.5. The van der Waals surface area contributed by atoms with Crippen molar-refractivity contribution in [1.82, 2.24) is 9.97 Å². The van der Waals surface area contributed by atoms with Crippen molar-refractivity contribution in [3.63, 3.8) is 0 Å². The summed E-state index contributed by atoms with van der Waals surface area (Å²) in [7, 11) is 25.0. The Balaban J connectivity index is 2.35. The summed E-state index contributed by atoms with van der Waals surface area (Å²) >= 11 is 7.59. The van der Waals surface area contributed by atoms with E-state index in [9.17, 15) is 0 Å². The van der Waals surface area contributed by atoms with Crippen molar-refractivity contribution in [3.05, 3.63) is 41.3 Å². The van der Waals surface area contributed by atoms with Gasteiger partial charge in [-0.05, 0) is 41.8 Å². The number of hydrogen-bond donors (Lipinski definition) is 0. The molecule has 3 rings (SSSR count). The van der Waals surface area contributed by atoms with E-state index in [-0.39, 0.29) is 0 Å². The molecule has 0 bridgehead atoms. The number of hydrogen-bond acceptors (Lipinski definition) is 3. The van der Waals surface area contributed by atoms with Crippen LogP contribution in [0.2, 0.25) is 5.02 Å². The largest absolute Gasteiger partial charge is 0.261 e. The second kappa shape index (κ2) is 7.58. The normalized spacial score (nSPS) is 10.9. The molecule has 2 aromatic heterocycles. The molecule has 0 aliphatic carbocycles. The smallest absolute Gasteiger partial charge is 0.114 e. The molecule has 1 aromatic carbocycles. The van der Waals surface area contributed by atoms with Crippen LogP contribution >= 0.6 is 23.4 Å². The topological polar surface area (TPSA) is 25.8 Å². The molecular formula is C18H11B4ClN2S. The van der Waals surface area contributed by atoms with Crippen LogP contribution in [-0.4, -0.2) is 47.6 Å². The van der Waals surface area contributed by atoms with E-state index in [2.05, 4.69) is 9.97 Å². The van der Waals surface area contributed by atoms with E-state index < -0.39 is 0 Å². The van der Waals surface area contributed by atoms with Gasteiger partial charge in [0.05, 0.1) is 10.7 Å². The van der Waals surface area contributed by atoms with Gasteiger partial charge in [0.15, 0.2) is 0 Å². The van der Waals surface area contributed by atoms with Crippen molar-refractivity contribution in [2.24, 2.45) is 0 Å². The van der Waals surface area contributed by atoms with E-state index in [1.165, 1.54) is 11.8 Å². The first-order chi connectivity index (χ1) is 12.3. The highest BCUT2D eigenvalue weighted by Gasteiger charge is 2.18. The van der Waals surface area contributed by atoms with Crippen LogP contribution < -0.4 is 21.9 Å². The third-order valence-electron chi connectivity index (χ3n) is 4.12. The van der Waals surface area contributed by atoms with E-state index in [0.29, 0.717) is 48.6 Å². The highest BCUT2D eigenvalue weighted by molar-refractivity contribution is 7.99. The first-order valence-corrected chi connectivity index (χ1v) is 9.34. The number of aromatic nitrogens is 2. The quantitative estimate of drug-likeness (QED) is 0.504. The Morgan fingerprint density at radius 1 is 0.923 bits per heavy atom. The van der Waals surface area contributed by atoms with Gasteiger partial charge in [-0.2, -0.15) is 0 Å². The first-order valence-electron chi connectivity index (χ1n) is 7.74. The zero-order valence-corrected chi connectivity index (χ0v) is 15.9. The molecule has 26 heavy (non-hydrogen) atoms. The van der Waals surface area contributed by atoms with E-state index in [1.807, 2.05) is 25.3 Å². The number of aryl methyl sites for hydroxylation is 1. The predicted octanol–water partition coefficient (Wildman–Crippen LogP) is 0.670. The van der Waals surface area contributed by atoms with Gasteiger partial charge in [0.1, 0.15) is 31.4 Å². The van der Waals surface area contributed by atoms with Crippen LogP contribution in [0, 0.1) is 6.92 Å². The van der Waals surface area contributed by atoms with Crippen LogP contribution in [0.25, 0.3) is 22.4 Å². The Labute approximate surface area is 168 Å². The minimum absolute atomic E-state index is 0.353. The van der Waals surface area contributed by atoms with Gasteiger partial charge in [-0.15, -0.1) is 11.8 Å². The monoisotopic (exact) mass is 366 g/mol. The van der Waals surface area contributed by atoms with Crippen molar-refractivity contribution in [2.75, 3.05) is 6.26 Å². The maximum absolute atomic E-state index is 6.32. The van der Waals surface area contributed by atoms with Gasteiger partial charge >= 0.3 is 0 Å². The van der Waals surface area contributed by atoms with Crippen molar-refractivity contribution in [3.8, 4) is 22.4 Å². The molecule has 0 atom stereocenters. The molecular weight excluding hydrogens is 355 g/mol. The lowest BCUT2D eigenvalue weighted by Crippen LogP contribution is -2.44. The molecule has 2 heterocycles. The molecule has 0 unspecified atom stereocenters. The Morgan fingerprint density at radius 3 is 2.12 bits per heavy atom. The third-order valence-corrected chi connectivity index (χ3v) is 5.18. The van der Waals surface area contributed by atoms with Crippen LogP contribution in [0.15, 0.2) is 35.5 Å². The summed E-state index contributed by atoms with van der Waals surface area (Å²) in [6, 6.07) is 5.59. The fraction of sp³-hybridized carbons (Fsp3) is 0.111. The SMILES string of the molecule is [B]c1c([B])c(-c2cc(Cl)cnc2-c2ccc(C)nc2)c([B])c([B])c1SC. The van der Waals surface area contributed by atoms with Gasteiger partial charge < -0.3 is 0 Å². The fourth-order valence-electron chi connectivity index (χ4n) is 2.78. The molecule has 8 radical (unpaired) electrons. The maximum atomic E-state index is 6.32. The molecule has 0 amide bonds. The zero-order valence-electron chi connectivity index (χ0n) is 14.4. The Hall–Kier alpha value is -1.58. The second-order valence-electron chi connectivity index (χ2n) is 5.80. The van der Waals surface area contributed by atoms with Crippen molar-refractivity contribution >= 4 is 76.6 Å². The van der Waals surface area contributed by atoms with Gasteiger partial charge in [0.25, 0.3) is 0 Å². The standard InChI is InChI=1S/C18H11B4ClN2S/c1-8-3-4-9(6-24-8)17-11(5-10(23)7-25-17)12-13(19)15(21)18(26-2)16(22)14(12)20/h3-7H,1-2H3. The summed E-state index contributed by atoms with van der Waals surface area (Å²) in [5.41, 5.74) is 5.05. The summed E-state index contributed by atoms with van der Waals surface area (Å²) in [5, 5.41) is 0.453. The van der Waals surface area contributed by atoms with Crippen molar-refractivity contribution in [2.45, 2.75) is 11.8 Å². The summed E-state index contributed by atoms with van der Waals surface area (Å²) in [6.45, 7) is 1.92. The average Bonchev–Trinajstić information content (AvgIpc) is 2.62. The number of benzene rings is 1. The molecule has 8 heteroatoms. The molecule has 0 fully saturated rings. The van der Waals surface area contributed by atoms with Crippen LogP contribution in [-0.2, 0) is 0 Å². The Bertz CT molecular complexity index is 964. The third kappa shape index (κ3) is 3.35. The summed E-state index contributed by atoms with van der Waals surface area (Å²) in [4.78, 5) is 9.46. The molecule has 0 aliphatic rings. The minimum Gasteiger partial charge on any atom is -0.261 e. The number of pyridine rings is 2. The molecule has 3 aromatic rings. The summed E-state index contributed by atoms with van der Waals surface area (Å²) in [6.07, 6.45) is 5.17. The van der Waals surface area contributed by atoms with E-state index in [4.69, 9.17) is 43.0 Å². The maximum Gasteiger partial charge on any atom is 0.114 e. The van der Waals surface area contributed by atoms with E-state index in [1.54, 1.807) is 18.5 Å². The molecule has 0 saturated heterocycles. The molecule has 0 saturated carbocycles. The van der Waals surface area contributed by atoms with Crippen molar-refractivity contribution in [1.29, 1.82) is 0 Å². The zero-order chi connectivity index (χ0) is 19.0. The fourth-order valence-corrected chi connectivity index (χ4v) is 3.60. The van der Waals surface area contributed by atoms with E-state index >= 15 is 0 Å². The lowest BCUT2D eigenvalue weighted by molar-refractivity contribution is 1.19. The average molecular weight is 366 g/mol. The van der Waals surface area contributed by atoms with Gasteiger partial charge in [-0.25, -0.2) is 0 Å². The van der Waals surface area contributed by atoms with Gasteiger partial charge in [0.2, 0.25) is 0 Å². The molecule has 2 nitrogen and oxygen atoms in total. The predicted molar refractivity (Wildman–Crippen MR) is 116 cm³/mol. The second-order valence-corrected chi connectivity index (χ2v) is 7.05. The first kappa shape index (κ1) is 19.2. The molecule has 118 valence electrons. The number of halogens is 1. The number of thioether (sulfide) groups is 1. The van der Waals surface area contributed by atoms with Gasteiger partial charge in [-0.3, -0.25) is 9.97 Å². The van der Waals surface area contributed by atoms with Crippen molar-refractivity contribution < 1.29 is 0 Å². The summed E-state index contributed by atoms with van der Waals surface area (Å²) < 4.78 is 0.